The van der Waals surface area contributed by atoms with Crippen molar-refractivity contribution in [3.63, 3.8) is 0 Å². The fraction of sp³-hybridized carbons (Fsp3) is 0.143. The summed E-state index contributed by atoms with van der Waals surface area (Å²) in [6.07, 6.45) is -4.43. The number of rotatable bonds is 2. The van der Waals surface area contributed by atoms with Gasteiger partial charge >= 0.3 is 6.18 Å². The molecule has 112 valence electrons. The van der Waals surface area contributed by atoms with Crippen LogP contribution in [0.15, 0.2) is 49.8 Å². The molecule has 0 nitrogen and oxygen atoms in total. The van der Waals surface area contributed by atoms with Gasteiger partial charge in [0.1, 0.15) is 0 Å². The van der Waals surface area contributed by atoms with Crippen LogP contribution >= 0.6 is 59.4 Å². The number of halogens is 7. The van der Waals surface area contributed by atoms with Crippen molar-refractivity contribution in [2.75, 3.05) is 0 Å². The molecule has 0 radical (unpaired) electrons. The Bertz CT molecular complexity index is 671. The lowest BCUT2D eigenvalue weighted by molar-refractivity contribution is -0.138. The van der Waals surface area contributed by atoms with E-state index in [0.29, 0.717) is 11.1 Å². The third-order valence-electron chi connectivity index (χ3n) is 2.82. The lowest BCUT2D eigenvalue weighted by Gasteiger charge is -2.16. The Morgan fingerprint density at radius 1 is 0.905 bits per heavy atom. The van der Waals surface area contributed by atoms with E-state index in [9.17, 15) is 13.2 Å². The summed E-state index contributed by atoms with van der Waals surface area (Å²) in [4.78, 5) is 0. The van der Waals surface area contributed by atoms with E-state index in [2.05, 4.69) is 47.8 Å². The largest absolute Gasteiger partial charge is 0.417 e. The fourth-order valence-corrected chi connectivity index (χ4v) is 3.58. The predicted octanol–water partition coefficient (Wildman–Crippen LogP) is 7.32. The first-order chi connectivity index (χ1) is 9.70. The molecule has 2 aromatic carbocycles. The van der Waals surface area contributed by atoms with E-state index >= 15 is 0 Å². The molecule has 1 unspecified atom stereocenters. The molecule has 0 aromatic heterocycles. The molecule has 21 heavy (non-hydrogen) atoms. The average Bonchev–Trinajstić information content (AvgIpc) is 2.40. The number of alkyl halides is 4. The molecule has 0 aliphatic carbocycles. The minimum Gasteiger partial charge on any atom is -0.166 e. The topological polar surface area (TPSA) is 0 Å². The van der Waals surface area contributed by atoms with Crippen molar-refractivity contribution in [2.45, 2.75) is 11.6 Å². The van der Waals surface area contributed by atoms with Crippen molar-refractivity contribution in [1.29, 1.82) is 0 Å². The molecule has 0 aliphatic heterocycles. The maximum atomic E-state index is 12.9. The first-order valence-electron chi connectivity index (χ1n) is 5.66. The SMILES string of the molecule is FC(F)(F)c1cc(C(Cl)c2cc(Br)ccc2Br)ccc1Br. The summed E-state index contributed by atoms with van der Waals surface area (Å²) in [5.74, 6) is 0. The Morgan fingerprint density at radius 2 is 1.52 bits per heavy atom. The molecular weight excluding hydrogens is 500 g/mol. The van der Waals surface area contributed by atoms with E-state index in [4.69, 9.17) is 11.6 Å². The van der Waals surface area contributed by atoms with Gasteiger partial charge in [-0.25, -0.2) is 0 Å². The second-order valence-corrected chi connectivity index (χ2v) is 7.33. The molecule has 0 heterocycles. The average molecular weight is 507 g/mol. The Morgan fingerprint density at radius 3 is 2.14 bits per heavy atom. The van der Waals surface area contributed by atoms with Gasteiger partial charge in [-0.15, -0.1) is 11.6 Å². The molecule has 7 heteroatoms. The number of hydrogen-bond donors (Lipinski definition) is 0. The molecule has 0 N–H and O–H groups in total. The van der Waals surface area contributed by atoms with Gasteiger partial charge in [-0.3, -0.25) is 0 Å². The highest BCUT2D eigenvalue weighted by molar-refractivity contribution is 9.11. The number of benzene rings is 2. The number of hydrogen-bond acceptors (Lipinski definition) is 0. The van der Waals surface area contributed by atoms with Crippen LogP contribution in [0, 0.1) is 0 Å². The maximum Gasteiger partial charge on any atom is 0.417 e. The van der Waals surface area contributed by atoms with Crippen molar-refractivity contribution in [3.8, 4) is 0 Å². The Balaban J connectivity index is 2.49. The van der Waals surface area contributed by atoms with Crippen LogP contribution in [0.3, 0.4) is 0 Å². The van der Waals surface area contributed by atoms with Crippen molar-refractivity contribution in [3.05, 3.63) is 66.5 Å². The van der Waals surface area contributed by atoms with Crippen molar-refractivity contribution < 1.29 is 13.2 Å². The fourth-order valence-electron chi connectivity index (χ4n) is 1.81. The molecule has 0 amide bonds. The smallest absolute Gasteiger partial charge is 0.166 e. The lowest BCUT2D eigenvalue weighted by Crippen LogP contribution is -2.07. The second-order valence-electron chi connectivity index (χ2n) is 4.27. The van der Waals surface area contributed by atoms with E-state index in [-0.39, 0.29) is 4.47 Å². The van der Waals surface area contributed by atoms with Gasteiger partial charge in [-0.2, -0.15) is 13.2 Å². The molecule has 1 atom stereocenters. The molecule has 0 saturated carbocycles. The predicted molar refractivity (Wildman–Crippen MR) is 88.7 cm³/mol. The van der Waals surface area contributed by atoms with Gasteiger partial charge in [0.15, 0.2) is 0 Å². The summed E-state index contributed by atoms with van der Waals surface area (Å²) in [6, 6.07) is 9.38. The minimum absolute atomic E-state index is 0.00377. The summed E-state index contributed by atoms with van der Waals surface area (Å²) in [6.45, 7) is 0. The molecule has 0 fully saturated rings. The zero-order chi connectivity index (χ0) is 15.8. The normalized spacial score (nSPS) is 13.3. The van der Waals surface area contributed by atoms with Gasteiger partial charge in [0.05, 0.1) is 10.9 Å². The lowest BCUT2D eigenvalue weighted by atomic mass is 10.0. The first kappa shape index (κ1) is 17.3. The zero-order valence-electron chi connectivity index (χ0n) is 10.2. The Hall–Kier alpha value is -0.0400. The highest BCUT2D eigenvalue weighted by Crippen LogP contribution is 2.40. The van der Waals surface area contributed by atoms with E-state index < -0.39 is 17.1 Å². The van der Waals surface area contributed by atoms with E-state index in [0.717, 1.165) is 15.0 Å². The molecule has 2 aromatic rings. The van der Waals surface area contributed by atoms with Crippen LogP contribution in [0.1, 0.15) is 22.1 Å². The molecule has 0 spiro atoms. The third kappa shape index (κ3) is 4.03. The molecule has 2 rings (SSSR count). The van der Waals surface area contributed by atoms with Crippen LogP contribution in [0.25, 0.3) is 0 Å². The van der Waals surface area contributed by atoms with Gasteiger partial charge in [0.2, 0.25) is 0 Å². The standard InChI is InChI=1S/C14H7Br3ClF3/c15-8-2-4-11(16)9(6-8)13(18)7-1-3-12(17)10(5-7)14(19,20)21/h1-6,13H. The van der Waals surface area contributed by atoms with Crippen molar-refractivity contribution >= 4 is 59.4 Å². The summed E-state index contributed by atoms with van der Waals surface area (Å²) in [5.41, 5.74) is 0.337. The van der Waals surface area contributed by atoms with Gasteiger partial charge in [0.25, 0.3) is 0 Å². The van der Waals surface area contributed by atoms with Crippen LogP contribution in [0.2, 0.25) is 0 Å². The molecular formula is C14H7Br3ClF3. The summed E-state index contributed by atoms with van der Waals surface area (Å²) in [5, 5.41) is -0.689. The third-order valence-corrected chi connectivity index (χ3v) is 5.21. The van der Waals surface area contributed by atoms with E-state index in [1.165, 1.54) is 6.07 Å². The zero-order valence-corrected chi connectivity index (χ0v) is 15.7. The highest BCUT2D eigenvalue weighted by Gasteiger charge is 2.33. The van der Waals surface area contributed by atoms with Crippen LogP contribution in [-0.2, 0) is 6.18 Å². The van der Waals surface area contributed by atoms with Crippen molar-refractivity contribution in [2.24, 2.45) is 0 Å². The monoisotopic (exact) mass is 504 g/mol. The van der Waals surface area contributed by atoms with Crippen LogP contribution in [-0.4, -0.2) is 0 Å². The first-order valence-corrected chi connectivity index (χ1v) is 8.47. The Kier molecular flexibility index (Phi) is 5.45. The van der Waals surface area contributed by atoms with E-state index in [1.807, 2.05) is 6.07 Å². The summed E-state index contributed by atoms with van der Waals surface area (Å²) >= 11 is 16.0. The van der Waals surface area contributed by atoms with Crippen LogP contribution < -0.4 is 0 Å². The van der Waals surface area contributed by atoms with Gasteiger partial charge < -0.3 is 0 Å². The van der Waals surface area contributed by atoms with Crippen LogP contribution in [0.5, 0.6) is 0 Å². The van der Waals surface area contributed by atoms with Crippen molar-refractivity contribution in [1.82, 2.24) is 0 Å². The van der Waals surface area contributed by atoms with Gasteiger partial charge in [0, 0.05) is 13.4 Å². The quantitative estimate of drug-likeness (QED) is 0.374. The second kappa shape index (κ2) is 6.60. The molecule has 0 bridgehead atoms. The summed E-state index contributed by atoms with van der Waals surface area (Å²) < 4.78 is 40.4. The van der Waals surface area contributed by atoms with Gasteiger partial charge in [-0.1, -0.05) is 53.9 Å². The minimum atomic E-state index is -4.43. The van der Waals surface area contributed by atoms with Gasteiger partial charge in [-0.05, 0) is 41.5 Å². The maximum absolute atomic E-state index is 12.9. The highest BCUT2D eigenvalue weighted by atomic mass is 79.9. The van der Waals surface area contributed by atoms with E-state index in [1.54, 1.807) is 18.2 Å². The summed E-state index contributed by atoms with van der Waals surface area (Å²) in [7, 11) is 0. The van der Waals surface area contributed by atoms with Crippen LogP contribution in [0.4, 0.5) is 13.2 Å². The Labute approximate surface area is 150 Å². The molecule has 0 aliphatic rings. The molecule has 0 saturated heterocycles.